The average molecular weight is 317 g/mol. The number of hydrogen-bond donors (Lipinski definition) is 3. The molecular weight excluding hydrogens is 294 g/mol. The number of aromatic amines is 1. The van der Waals surface area contributed by atoms with Gasteiger partial charge in [-0.2, -0.15) is 0 Å². The summed E-state index contributed by atoms with van der Waals surface area (Å²) >= 11 is 0. The second kappa shape index (κ2) is 6.83. The van der Waals surface area contributed by atoms with Gasteiger partial charge in [0, 0.05) is 23.5 Å². The molecular formula is C17H23N3O3. The summed E-state index contributed by atoms with van der Waals surface area (Å²) in [6, 6.07) is 7.02. The fraction of sp³-hybridized carbons (Fsp3) is 0.412. The molecule has 1 atom stereocenters. The largest absolute Gasteiger partial charge is 0.458 e. The number of H-pyrrole nitrogens is 1. The van der Waals surface area contributed by atoms with E-state index >= 15 is 0 Å². The van der Waals surface area contributed by atoms with Crippen molar-refractivity contribution in [2.45, 2.75) is 38.8 Å². The van der Waals surface area contributed by atoms with Crippen LogP contribution in [0.2, 0.25) is 0 Å². The first-order valence-corrected chi connectivity index (χ1v) is 7.57. The van der Waals surface area contributed by atoms with Gasteiger partial charge < -0.3 is 20.8 Å². The minimum atomic E-state index is -0.774. The molecule has 124 valence electrons. The van der Waals surface area contributed by atoms with E-state index in [4.69, 9.17) is 10.5 Å². The van der Waals surface area contributed by atoms with Crippen molar-refractivity contribution in [2.75, 3.05) is 6.54 Å². The van der Waals surface area contributed by atoms with Crippen LogP contribution < -0.4 is 11.1 Å². The molecule has 0 radical (unpaired) electrons. The Morgan fingerprint density at radius 3 is 2.65 bits per heavy atom. The van der Waals surface area contributed by atoms with E-state index in [0.29, 0.717) is 6.42 Å². The van der Waals surface area contributed by atoms with E-state index in [1.165, 1.54) is 0 Å². The van der Waals surface area contributed by atoms with E-state index in [2.05, 4.69) is 10.3 Å². The van der Waals surface area contributed by atoms with Gasteiger partial charge in [0.05, 0.1) is 6.54 Å². The number of benzene rings is 1. The summed E-state index contributed by atoms with van der Waals surface area (Å²) in [6.07, 6.45) is 2.18. The van der Waals surface area contributed by atoms with Crippen LogP contribution >= 0.6 is 0 Å². The summed E-state index contributed by atoms with van der Waals surface area (Å²) in [7, 11) is 0. The molecule has 6 heteroatoms. The van der Waals surface area contributed by atoms with Gasteiger partial charge in [-0.05, 0) is 32.4 Å². The topological polar surface area (TPSA) is 97.2 Å². The third-order valence-corrected chi connectivity index (χ3v) is 3.31. The molecule has 1 heterocycles. The second-order valence-electron chi connectivity index (χ2n) is 6.42. The summed E-state index contributed by atoms with van der Waals surface area (Å²) in [5, 5.41) is 3.66. The lowest BCUT2D eigenvalue weighted by atomic mass is 10.0. The first kappa shape index (κ1) is 17.0. The molecule has 0 bridgehead atoms. The number of fused-ring (bicyclic) bond motifs is 1. The first-order chi connectivity index (χ1) is 10.8. The summed E-state index contributed by atoms with van der Waals surface area (Å²) in [6.45, 7) is 5.20. The monoisotopic (exact) mass is 317 g/mol. The summed E-state index contributed by atoms with van der Waals surface area (Å²) in [5.74, 6) is -0.856. The van der Waals surface area contributed by atoms with Crippen molar-refractivity contribution in [1.82, 2.24) is 10.3 Å². The molecule has 0 aliphatic heterocycles. The van der Waals surface area contributed by atoms with Crippen molar-refractivity contribution in [2.24, 2.45) is 5.73 Å². The zero-order valence-corrected chi connectivity index (χ0v) is 13.7. The van der Waals surface area contributed by atoms with Crippen LogP contribution in [0.25, 0.3) is 10.9 Å². The molecule has 0 aliphatic rings. The molecule has 23 heavy (non-hydrogen) atoms. The highest BCUT2D eigenvalue weighted by atomic mass is 16.6. The van der Waals surface area contributed by atoms with Crippen molar-refractivity contribution >= 4 is 22.8 Å². The number of amides is 1. The molecule has 2 rings (SSSR count). The standard InChI is InChI=1S/C17H23N3O3/c1-17(2,3)23-16(22)14(20-15(21)9-18)8-11-10-19-13-7-5-4-6-12(11)13/h4-7,10,14,19H,8-9,18H2,1-3H3,(H,20,21)/t14-/m1/s1. The van der Waals surface area contributed by atoms with Crippen molar-refractivity contribution in [3.63, 3.8) is 0 Å². The fourth-order valence-electron chi connectivity index (χ4n) is 2.34. The lowest BCUT2D eigenvalue weighted by Crippen LogP contribution is -2.47. The first-order valence-electron chi connectivity index (χ1n) is 7.57. The normalized spacial score (nSPS) is 12.9. The van der Waals surface area contributed by atoms with E-state index < -0.39 is 17.6 Å². The molecule has 4 N–H and O–H groups in total. The van der Waals surface area contributed by atoms with E-state index in [0.717, 1.165) is 16.5 Å². The molecule has 1 aromatic heterocycles. The third kappa shape index (κ3) is 4.56. The van der Waals surface area contributed by atoms with Crippen LogP contribution in [0.4, 0.5) is 0 Å². The van der Waals surface area contributed by atoms with Crippen molar-refractivity contribution < 1.29 is 14.3 Å². The number of carbonyl (C=O) groups is 2. The molecule has 6 nitrogen and oxygen atoms in total. The number of nitrogens with two attached hydrogens (primary N) is 1. The Hall–Kier alpha value is -2.34. The van der Waals surface area contributed by atoms with Crippen LogP contribution in [-0.2, 0) is 20.7 Å². The number of carbonyl (C=O) groups excluding carboxylic acids is 2. The maximum Gasteiger partial charge on any atom is 0.329 e. The van der Waals surface area contributed by atoms with E-state index in [1.54, 1.807) is 20.8 Å². The molecule has 1 amide bonds. The molecule has 0 aliphatic carbocycles. The van der Waals surface area contributed by atoms with E-state index in [9.17, 15) is 9.59 Å². The van der Waals surface area contributed by atoms with Crippen LogP contribution in [0.15, 0.2) is 30.5 Å². The van der Waals surface area contributed by atoms with Gasteiger partial charge in [0.1, 0.15) is 11.6 Å². The van der Waals surface area contributed by atoms with Crippen molar-refractivity contribution in [3.05, 3.63) is 36.0 Å². The lowest BCUT2D eigenvalue weighted by molar-refractivity contribution is -0.158. The van der Waals surface area contributed by atoms with Gasteiger partial charge in [0.25, 0.3) is 0 Å². The Kier molecular flexibility index (Phi) is 5.05. The third-order valence-electron chi connectivity index (χ3n) is 3.31. The molecule has 2 aromatic rings. The van der Waals surface area contributed by atoms with Crippen LogP contribution in [0.5, 0.6) is 0 Å². The molecule has 0 saturated carbocycles. The molecule has 0 spiro atoms. The summed E-state index contributed by atoms with van der Waals surface area (Å²) < 4.78 is 5.40. The van der Waals surface area contributed by atoms with Crippen LogP contribution in [0, 0.1) is 0 Å². The maximum atomic E-state index is 12.4. The lowest BCUT2D eigenvalue weighted by Gasteiger charge is -2.24. The highest BCUT2D eigenvalue weighted by Gasteiger charge is 2.27. The van der Waals surface area contributed by atoms with Gasteiger partial charge in [-0.15, -0.1) is 0 Å². The zero-order valence-electron chi connectivity index (χ0n) is 13.7. The number of nitrogens with one attached hydrogen (secondary N) is 2. The van der Waals surface area contributed by atoms with Gasteiger partial charge in [-0.1, -0.05) is 18.2 Å². The Morgan fingerprint density at radius 2 is 2.00 bits per heavy atom. The second-order valence-corrected chi connectivity index (χ2v) is 6.42. The Balaban J connectivity index is 2.23. The summed E-state index contributed by atoms with van der Waals surface area (Å²) in [5.41, 5.74) is 6.64. The maximum absolute atomic E-state index is 12.4. The smallest absolute Gasteiger partial charge is 0.329 e. The van der Waals surface area contributed by atoms with Gasteiger partial charge in [0.2, 0.25) is 5.91 Å². The number of esters is 1. The number of hydrogen-bond acceptors (Lipinski definition) is 4. The highest BCUT2D eigenvalue weighted by molar-refractivity contribution is 5.87. The molecule has 0 fully saturated rings. The van der Waals surface area contributed by atoms with Crippen LogP contribution in [-0.4, -0.2) is 35.0 Å². The predicted molar refractivity (Wildman–Crippen MR) is 88.8 cm³/mol. The van der Waals surface area contributed by atoms with Crippen LogP contribution in [0.1, 0.15) is 26.3 Å². The quantitative estimate of drug-likeness (QED) is 0.728. The number of rotatable bonds is 5. The Morgan fingerprint density at radius 1 is 1.30 bits per heavy atom. The van der Waals surface area contributed by atoms with Gasteiger partial charge in [0.15, 0.2) is 0 Å². The summed E-state index contributed by atoms with van der Waals surface area (Å²) in [4.78, 5) is 27.2. The fourth-order valence-corrected chi connectivity index (χ4v) is 2.34. The highest BCUT2D eigenvalue weighted by Crippen LogP contribution is 2.20. The predicted octanol–water partition coefficient (Wildman–Crippen LogP) is 1.50. The molecule has 1 aromatic carbocycles. The zero-order chi connectivity index (χ0) is 17.0. The Bertz CT molecular complexity index is 700. The van der Waals surface area contributed by atoms with E-state index in [1.807, 2.05) is 30.5 Å². The Labute approximate surface area is 135 Å². The average Bonchev–Trinajstić information content (AvgIpc) is 2.88. The van der Waals surface area contributed by atoms with Crippen molar-refractivity contribution in [3.8, 4) is 0 Å². The van der Waals surface area contributed by atoms with Crippen molar-refractivity contribution in [1.29, 1.82) is 0 Å². The minimum Gasteiger partial charge on any atom is -0.458 e. The number of aromatic nitrogens is 1. The van der Waals surface area contributed by atoms with Gasteiger partial charge >= 0.3 is 5.97 Å². The number of para-hydroxylation sites is 1. The van der Waals surface area contributed by atoms with Crippen LogP contribution in [0.3, 0.4) is 0 Å². The number of ether oxygens (including phenoxy) is 1. The van der Waals surface area contributed by atoms with Gasteiger partial charge in [-0.3, -0.25) is 4.79 Å². The van der Waals surface area contributed by atoms with E-state index in [-0.39, 0.29) is 12.5 Å². The SMILES string of the molecule is CC(C)(C)OC(=O)[C@@H](Cc1c[nH]c2ccccc12)NC(=O)CN. The van der Waals surface area contributed by atoms with Gasteiger partial charge in [-0.25, -0.2) is 4.79 Å². The minimum absolute atomic E-state index is 0.173. The molecule has 0 unspecified atom stereocenters. The molecule has 0 saturated heterocycles.